The quantitative estimate of drug-likeness (QED) is 0.286. The molecule has 0 bridgehead atoms. The second-order valence-electron chi connectivity index (χ2n) is 10.7. The molecule has 1 saturated heterocycles. The predicted molar refractivity (Wildman–Crippen MR) is 164 cm³/mol. The Bertz CT molecular complexity index is 1380. The Labute approximate surface area is 253 Å². The Balaban J connectivity index is 1.67. The van der Waals surface area contributed by atoms with Gasteiger partial charge in [0.15, 0.2) is 17.2 Å². The molecule has 1 aliphatic rings. The first-order valence-electron chi connectivity index (χ1n) is 13.5. The number of piperidine rings is 1. The smallest absolute Gasteiger partial charge is 0.351 e. The third-order valence-electron chi connectivity index (χ3n) is 6.46. The molecule has 41 heavy (non-hydrogen) atoms. The number of ether oxygens (including phenoxy) is 3. The maximum atomic E-state index is 13.7. The fourth-order valence-electron chi connectivity index (χ4n) is 4.72. The van der Waals surface area contributed by atoms with Gasteiger partial charge in [-0.15, -0.1) is 11.3 Å². The van der Waals surface area contributed by atoms with E-state index in [2.05, 4.69) is 21.2 Å². The van der Waals surface area contributed by atoms with E-state index < -0.39 is 17.5 Å². The normalized spacial score (nSPS) is 13.9. The number of hydrogen-bond donors (Lipinski definition) is 1. The largest absolute Gasteiger partial charge is 0.479 e. The number of methoxy groups -OCH3 is 1. The van der Waals surface area contributed by atoms with E-state index >= 15 is 0 Å². The Morgan fingerprint density at radius 2 is 1.76 bits per heavy atom. The molecule has 0 aliphatic carbocycles. The third-order valence-corrected chi connectivity index (χ3v) is 8.68. The minimum atomic E-state index is -0.665. The van der Waals surface area contributed by atoms with E-state index in [0.29, 0.717) is 15.8 Å². The summed E-state index contributed by atoms with van der Waals surface area (Å²) in [5.74, 6) is -0.887. The highest BCUT2D eigenvalue weighted by Gasteiger charge is 2.29. The maximum Gasteiger partial charge on any atom is 0.351 e. The van der Waals surface area contributed by atoms with Crippen LogP contribution in [-0.4, -0.2) is 56.3 Å². The molecule has 1 N–H and O–H groups in total. The average Bonchev–Trinajstić information content (AvgIpc) is 3.28. The Morgan fingerprint density at radius 1 is 1.05 bits per heavy atom. The van der Waals surface area contributed by atoms with Crippen LogP contribution in [0.15, 0.2) is 59.1 Å². The molecule has 0 saturated carbocycles. The summed E-state index contributed by atoms with van der Waals surface area (Å²) in [5.41, 5.74) is 1.87. The summed E-state index contributed by atoms with van der Waals surface area (Å²) < 4.78 is 16.7. The summed E-state index contributed by atoms with van der Waals surface area (Å²) in [7, 11) is 1.29. The number of anilines is 1. The second-order valence-corrected chi connectivity index (χ2v) is 12.5. The number of hydrogen-bond acceptors (Lipinski definition) is 8. The van der Waals surface area contributed by atoms with Crippen molar-refractivity contribution in [2.45, 2.75) is 51.7 Å². The van der Waals surface area contributed by atoms with E-state index in [9.17, 15) is 14.4 Å². The zero-order chi connectivity index (χ0) is 29.6. The van der Waals surface area contributed by atoms with Gasteiger partial charge >= 0.3 is 11.9 Å². The molecule has 1 fully saturated rings. The summed E-state index contributed by atoms with van der Waals surface area (Å²) in [6.45, 7) is 6.64. The van der Waals surface area contributed by atoms with Gasteiger partial charge in [0, 0.05) is 11.7 Å². The van der Waals surface area contributed by atoms with Gasteiger partial charge in [0.25, 0.3) is 0 Å². The fraction of sp³-hybridized carbons (Fsp3) is 0.387. The fourth-order valence-corrected chi connectivity index (χ4v) is 6.68. The van der Waals surface area contributed by atoms with Crippen molar-refractivity contribution in [3.8, 4) is 16.2 Å². The average molecular weight is 644 g/mol. The minimum Gasteiger partial charge on any atom is -0.479 e. The molecule has 0 unspecified atom stereocenters. The van der Waals surface area contributed by atoms with Crippen molar-refractivity contribution in [3.05, 3.63) is 69.5 Å². The summed E-state index contributed by atoms with van der Waals surface area (Å²) in [6.07, 6.45) is 2.00. The van der Waals surface area contributed by atoms with Gasteiger partial charge in [0.2, 0.25) is 5.91 Å². The number of rotatable bonds is 9. The van der Waals surface area contributed by atoms with Gasteiger partial charge in [-0.1, -0.05) is 42.5 Å². The number of thiophene rings is 1. The van der Waals surface area contributed by atoms with E-state index in [-0.39, 0.29) is 29.2 Å². The van der Waals surface area contributed by atoms with Gasteiger partial charge in [-0.25, -0.2) is 9.59 Å². The molecule has 3 aromatic rings. The molecule has 0 spiro atoms. The predicted octanol–water partition coefficient (Wildman–Crippen LogP) is 6.01. The van der Waals surface area contributed by atoms with Crippen molar-refractivity contribution < 1.29 is 28.6 Å². The van der Waals surface area contributed by atoms with Crippen LogP contribution in [0.2, 0.25) is 0 Å². The molecular formula is C31H35BrN2O6S. The van der Waals surface area contributed by atoms with Crippen molar-refractivity contribution in [3.63, 3.8) is 0 Å². The van der Waals surface area contributed by atoms with Gasteiger partial charge < -0.3 is 24.4 Å². The van der Waals surface area contributed by atoms with Crippen LogP contribution in [0.25, 0.3) is 10.4 Å². The Kier molecular flexibility index (Phi) is 10.2. The minimum absolute atomic E-state index is 0.0297. The van der Waals surface area contributed by atoms with Crippen molar-refractivity contribution in [1.82, 2.24) is 5.32 Å². The van der Waals surface area contributed by atoms with Gasteiger partial charge in [-0.2, -0.15) is 0 Å². The Morgan fingerprint density at radius 3 is 2.41 bits per heavy atom. The van der Waals surface area contributed by atoms with E-state index in [4.69, 9.17) is 14.2 Å². The molecule has 1 amide bonds. The number of benzene rings is 2. The maximum absolute atomic E-state index is 13.7. The number of esters is 2. The molecule has 1 aromatic heterocycles. The van der Waals surface area contributed by atoms with E-state index in [1.807, 2.05) is 59.5 Å². The number of nitrogens with zero attached hydrogens (tertiary/aromatic N) is 1. The Hall–Kier alpha value is -3.21. The zero-order valence-corrected chi connectivity index (χ0v) is 26.1. The van der Waals surface area contributed by atoms with E-state index in [1.165, 1.54) is 18.4 Å². The zero-order valence-electron chi connectivity index (χ0n) is 23.7. The summed E-state index contributed by atoms with van der Waals surface area (Å²) in [6, 6.07) is 17.5. The summed E-state index contributed by atoms with van der Waals surface area (Å²) in [4.78, 5) is 41.6. The SMILES string of the molecule is COC(=O)c1sc(-c2cccc(N(C(=O)Cc3ccccc3)C3CCNCC3)c2)c(Br)c1OCC(=O)OC(C)(C)C. The topological polar surface area (TPSA) is 94.2 Å². The first kappa shape index (κ1) is 30.7. The van der Waals surface area contributed by atoms with E-state index in [1.54, 1.807) is 20.8 Å². The monoisotopic (exact) mass is 642 g/mol. The van der Waals surface area contributed by atoms with Crippen LogP contribution in [0.3, 0.4) is 0 Å². The van der Waals surface area contributed by atoms with Crippen LogP contribution < -0.4 is 15.0 Å². The van der Waals surface area contributed by atoms with Crippen molar-refractivity contribution in [1.29, 1.82) is 0 Å². The number of halogens is 1. The van der Waals surface area contributed by atoms with Gasteiger partial charge in [-0.05, 0) is 85.9 Å². The van der Waals surface area contributed by atoms with Gasteiger partial charge in [0.05, 0.1) is 22.9 Å². The van der Waals surface area contributed by atoms with Crippen LogP contribution in [0.5, 0.6) is 5.75 Å². The highest BCUT2D eigenvalue weighted by atomic mass is 79.9. The third kappa shape index (κ3) is 7.96. The molecule has 8 nitrogen and oxygen atoms in total. The lowest BCUT2D eigenvalue weighted by Gasteiger charge is -2.35. The first-order chi connectivity index (χ1) is 19.6. The van der Waals surface area contributed by atoms with E-state index in [0.717, 1.165) is 42.7 Å². The van der Waals surface area contributed by atoms with Crippen LogP contribution >= 0.6 is 27.3 Å². The van der Waals surface area contributed by atoms with Crippen LogP contribution in [0.4, 0.5) is 5.69 Å². The highest BCUT2D eigenvalue weighted by molar-refractivity contribution is 9.10. The molecule has 0 atom stereocenters. The molecule has 4 rings (SSSR count). The van der Waals surface area contributed by atoms with Crippen LogP contribution in [-0.2, 0) is 25.5 Å². The van der Waals surface area contributed by atoms with Crippen molar-refractivity contribution in [2.24, 2.45) is 0 Å². The van der Waals surface area contributed by atoms with Crippen LogP contribution in [0, 0.1) is 0 Å². The summed E-state index contributed by atoms with van der Waals surface area (Å²) in [5, 5.41) is 3.38. The first-order valence-corrected chi connectivity index (χ1v) is 15.1. The van der Waals surface area contributed by atoms with Gasteiger partial charge in [-0.3, -0.25) is 4.79 Å². The molecule has 1 aliphatic heterocycles. The highest BCUT2D eigenvalue weighted by Crippen LogP contribution is 2.46. The lowest BCUT2D eigenvalue weighted by Crippen LogP contribution is -2.47. The molecule has 2 aromatic carbocycles. The number of carbonyl (C=O) groups excluding carboxylic acids is 3. The van der Waals surface area contributed by atoms with Gasteiger partial charge in [0.1, 0.15) is 5.60 Å². The van der Waals surface area contributed by atoms with Crippen molar-refractivity contribution in [2.75, 3.05) is 31.7 Å². The number of nitrogens with one attached hydrogen (secondary N) is 1. The molecule has 0 radical (unpaired) electrons. The second kappa shape index (κ2) is 13.6. The standard InChI is InChI=1S/C31H35BrN2O6S/c1-31(2,3)40-25(36)19-39-27-26(32)28(41-29(27)30(37)38-4)21-11-8-12-23(18-21)34(22-13-15-33-16-14-22)24(35)17-20-9-6-5-7-10-20/h5-12,18,22,33H,13-17,19H2,1-4H3. The summed E-state index contributed by atoms with van der Waals surface area (Å²) >= 11 is 4.79. The number of carbonyl (C=O) groups is 3. The molecule has 2 heterocycles. The molecule has 10 heteroatoms. The molecular weight excluding hydrogens is 608 g/mol. The van der Waals surface area contributed by atoms with Crippen LogP contribution in [0.1, 0.15) is 48.8 Å². The lowest BCUT2D eigenvalue weighted by molar-refractivity contribution is -0.157. The number of amides is 1. The molecule has 218 valence electrons. The van der Waals surface area contributed by atoms with Crippen molar-refractivity contribution >= 4 is 50.8 Å². The lowest BCUT2D eigenvalue weighted by atomic mass is 10.0.